The fraction of sp³-hybridized carbons (Fsp3) is 0.242. The molecule has 0 radical (unpaired) electrons. The van der Waals surface area contributed by atoms with E-state index >= 15 is 0 Å². The Labute approximate surface area is 243 Å². The first-order chi connectivity index (χ1) is 20.2. The summed E-state index contributed by atoms with van der Waals surface area (Å²) in [6, 6.07) is 22.5. The van der Waals surface area contributed by atoms with Crippen LogP contribution < -0.4 is 0 Å². The number of hydrogen-bond acceptors (Lipinski definition) is 5. The first-order valence-corrected chi connectivity index (χ1v) is 15.3. The molecule has 9 heteroatoms. The number of β-amino-alcohol motifs (C(OH)–C–C–N with tert-alkyl or cyclic N) is 1. The molecular weight excluding hydrogens is 556 g/mol. The van der Waals surface area contributed by atoms with Gasteiger partial charge in [0.25, 0.3) is 16.4 Å². The fourth-order valence-electron chi connectivity index (χ4n) is 5.55. The van der Waals surface area contributed by atoms with Crippen molar-refractivity contribution >= 4 is 21.1 Å². The standard InChI is InChI=1S/C33H31F2N3O3S/c1-22-7-13-29(14-8-22)42(40,41)38-21-31(25-4-2-5-26(16-25)32(34)35)30-17-27(18-36-33(30)38)24-11-9-23(10-12-24)19-37-15-3-6-28(39)20-37/h2,4-5,7-14,16-18,21,28,32,39H,3,6,15,19-20H2,1H3. The van der Waals surface area contributed by atoms with Crippen LogP contribution in [-0.4, -0.2) is 46.6 Å². The van der Waals surface area contributed by atoms with E-state index in [9.17, 15) is 22.3 Å². The van der Waals surface area contributed by atoms with Crippen molar-refractivity contribution in [2.45, 2.75) is 43.7 Å². The minimum atomic E-state index is -4.01. The Morgan fingerprint density at radius 3 is 2.45 bits per heavy atom. The van der Waals surface area contributed by atoms with Gasteiger partial charge in [0, 0.05) is 47.6 Å². The molecule has 3 aromatic carbocycles. The molecule has 1 saturated heterocycles. The average molecular weight is 588 g/mol. The number of rotatable bonds is 7. The third-order valence-electron chi connectivity index (χ3n) is 7.81. The normalized spacial score (nSPS) is 16.4. The van der Waals surface area contributed by atoms with Crippen molar-refractivity contribution in [3.05, 3.63) is 108 Å². The maximum Gasteiger partial charge on any atom is 0.269 e. The van der Waals surface area contributed by atoms with Gasteiger partial charge in [-0.1, -0.05) is 60.2 Å². The Hall–Kier alpha value is -3.92. The molecule has 216 valence electrons. The number of hydrogen-bond donors (Lipinski definition) is 1. The summed E-state index contributed by atoms with van der Waals surface area (Å²) in [7, 11) is -4.01. The highest BCUT2D eigenvalue weighted by molar-refractivity contribution is 7.90. The Kier molecular flexibility index (Phi) is 7.66. The van der Waals surface area contributed by atoms with Crippen LogP contribution in [0.2, 0.25) is 0 Å². The minimum Gasteiger partial charge on any atom is -0.392 e. The molecule has 3 heterocycles. The monoisotopic (exact) mass is 587 g/mol. The molecule has 1 aliphatic heterocycles. The summed E-state index contributed by atoms with van der Waals surface area (Å²) in [5.41, 5.74) is 4.78. The van der Waals surface area contributed by atoms with Crippen LogP contribution >= 0.6 is 0 Å². The molecule has 1 fully saturated rings. The number of pyridine rings is 1. The second-order valence-corrected chi connectivity index (χ2v) is 12.7. The van der Waals surface area contributed by atoms with Crippen LogP contribution in [0.1, 0.15) is 36.0 Å². The van der Waals surface area contributed by atoms with Gasteiger partial charge < -0.3 is 5.11 Å². The van der Waals surface area contributed by atoms with Gasteiger partial charge >= 0.3 is 0 Å². The van der Waals surface area contributed by atoms with E-state index in [1.54, 1.807) is 42.6 Å². The van der Waals surface area contributed by atoms with Gasteiger partial charge in [-0.15, -0.1) is 0 Å². The van der Waals surface area contributed by atoms with E-state index in [4.69, 9.17) is 0 Å². The highest BCUT2D eigenvalue weighted by atomic mass is 32.2. The van der Waals surface area contributed by atoms with Gasteiger partial charge in [0.2, 0.25) is 0 Å². The molecule has 6 rings (SSSR count). The maximum atomic E-state index is 13.7. The molecule has 42 heavy (non-hydrogen) atoms. The molecule has 6 nitrogen and oxygen atoms in total. The Morgan fingerprint density at radius 1 is 0.976 bits per heavy atom. The number of alkyl halides is 2. The quantitative estimate of drug-likeness (QED) is 0.226. The number of nitrogens with zero attached hydrogens (tertiary/aromatic N) is 3. The zero-order valence-corrected chi connectivity index (χ0v) is 23.9. The summed E-state index contributed by atoms with van der Waals surface area (Å²) in [6.07, 6.45) is 1.99. The summed E-state index contributed by atoms with van der Waals surface area (Å²) in [4.78, 5) is 6.95. The van der Waals surface area contributed by atoms with E-state index in [0.717, 1.165) is 52.2 Å². The van der Waals surface area contributed by atoms with Crippen LogP contribution in [0.15, 0.2) is 96.2 Å². The lowest BCUT2D eigenvalue weighted by molar-refractivity contribution is 0.0668. The molecule has 1 N–H and O–H groups in total. The number of aliphatic hydroxyl groups is 1. The number of aliphatic hydroxyl groups excluding tert-OH is 1. The lowest BCUT2D eigenvalue weighted by Gasteiger charge is -2.29. The van der Waals surface area contributed by atoms with Gasteiger partial charge in [-0.25, -0.2) is 26.2 Å². The third kappa shape index (κ3) is 5.60. The number of piperidine rings is 1. The summed E-state index contributed by atoms with van der Waals surface area (Å²) in [6.45, 7) is 4.25. The second kappa shape index (κ2) is 11.4. The van der Waals surface area contributed by atoms with E-state index < -0.39 is 16.4 Å². The van der Waals surface area contributed by atoms with Crippen LogP contribution in [0.3, 0.4) is 0 Å². The molecule has 0 bridgehead atoms. The Morgan fingerprint density at radius 2 is 1.74 bits per heavy atom. The Balaban J connectivity index is 1.42. The number of aryl methyl sites for hydroxylation is 1. The van der Waals surface area contributed by atoms with Gasteiger partial charge in [-0.05, 0) is 67.3 Å². The van der Waals surface area contributed by atoms with Crippen LogP contribution in [0.25, 0.3) is 33.3 Å². The number of fused-ring (bicyclic) bond motifs is 1. The van der Waals surface area contributed by atoms with Gasteiger partial charge in [-0.3, -0.25) is 4.90 Å². The number of benzene rings is 3. The third-order valence-corrected chi connectivity index (χ3v) is 9.48. The first kappa shape index (κ1) is 28.2. The van der Waals surface area contributed by atoms with Crippen molar-refractivity contribution < 1.29 is 22.3 Å². The minimum absolute atomic E-state index is 0.112. The summed E-state index contributed by atoms with van der Waals surface area (Å²) in [5.74, 6) is 0. The Bertz CT molecular complexity index is 1840. The van der Waals surface area contributed by atoms with Gasteiger partial charge in [0.1, 0.15) is 0 Å². The molecule has 0 spiro atoms. The van der Waals surface area contributed by atoms with Gasteiger partial charge in [0.15, 0.2) is 5.65 Å². The molecule has 1 unspecified atom stereocenters. The van der Waals surface area contributed by atoms with Crippen LogP contribution in [-0.2, 0) is 16.6 Å². The summed E-state index contributed by atoms with van der Waals surface area (Å²) in [5, 5.41) is 10.5. The summed E-state index contributed by atoms with van der Waals surface area (Å²) >= 11 is 0. The van der Waals surface area contributed by atoms with Crippen LogP contribution in [0, 0.1) is 6.92 Å². The zero-order chi connectivity index (χ0) is 29.4. The average Bonchev–Trinajstić information content (AvgIpc) is 3.38. The van der Waals surface area contributed by atoms with Gasteiger partial charge in [0.05, 0.1) is 11.0 Å². The van der Waals surface area contributed by atoms with E-state index in [2.05, 4.69) is 9.88 Å². The second-order valence-electron chi connectivity index (χ2n) is 10.9. The number of halogens is 2. The van der Waals surface area contributed by atoms with Crippen molar-refractivity contribution in [1.29, 1.82) is 0 Å². The molecule has 1 aliphatic rings. The number of likely N-dealkylation sites (tertiary alicyclic amines) is 1. The van der Waals surface area contributed by atoms with E-state index in [1.807, 2.05) is 37.3 Å². The predicted octanol–water partition coefficient (Wildman–Crippen LogP) is 6.81. The van der Waals surface area contributed by atoms with E-state index in [0.29, 0.717) is 23.1 Å². The smallest absolute Gasteiger partial charge is 0.269 e. The van der Waals surface area contributed by atoms with Crippen molar-refractivity contribution in [1.82, 2.24) is 13.9 Å². The highest BCUT2D eigenvalue weighted by Gasteiger charge is 2.24. The zero-order valence-electron chi connectivity index (χ0n) is 23.1. The van der Waals surface area contributed by atoms with Gasteiger partial charge in [-0.2, -0.15) is 0 Å². The van der Waals surface area contributed by atoms with Crippen molar-refractivity contribution in [3.63, 3.8) is 0 Å². The molecule has 0 saturated carbocycles. The fourth-order valence-corrected chi connectivity index (χ4v) is 6.88. The van der Waals surface area contributed by atoms with Crippen LogP contribution in [0.4, 0.5) is 8.78 Å². The highest BCUT2D eigenvalue weighted by Crippen LogP contribution is 2.36. The molecule has 0 amide bonds. The van der Waals surface area contributed by atoms with Crippen LogP contribution in [0.5, 0.6) is 0 Å². The SMILES string of the molecule is Cc1ccc(S(=O)(=O)n2cc(-c3cccc(C(F)F)c3)c3cc(-c4ccc(CN5CCCC(O)C5)cc4)cnc32)cc1. The molecule has 5 aromatic rings. The topological polar surface area (TPSA) is 75.4 Å². The van der Waals surface area contributed by atoms with Crippen molar-refractivity contribution in [3.8, 4) is 22.3 Å². The largest absolute Gasteiger partial charge is 0.392 e. The van der Waals surface area contributed by atoms with Crippen molar-refractivity contribution in [2.24, 2.45) is 0 Å². The molecular formula is C33H31F2N3O3S. The lowest BCUT2D eigenvalue weighted by Crippen LogP contribution is -2.37. The first-order valence-electron chi connectivity index (χ1n) is 13.9. The summed E-state index contributed by atoms with van der Waals surface area (Å²) < 4.78 is 55.8. The lowest BCUT2D eigenvalue weighted by atomic mass is 10.00. The van der Waals surface area contributed by atoms with E-state index in [-0.39, 0.29) is 22.2 Å². The van der Waals surface area contributed by atoms with E-state index in [1.165, 1.54) is 18.3 Å². The molecule has 1 atom stereocenters. The number of aromatic nitrogens is 2. The maximum absolute atomic E-state index is 13.7. The molecule has 2 aromatic heterocycles. The van der Waals surface area contributed by atoms with Crippen molar-refractivity contribution in [2.75, 3.05) is 13.1 Å². The molecule has 0 aliphatic carbocycles. The predicted molar refractivity (Wildman–Crippen MR) is 160 cm³/mol.